The zero-order valence-corrected chi connectivity index (χ0v) is 19.1. The smallest absolute Gasteiger partial charge is 0.368 e. The summed E-state index contributed by atoms with van der Waals surface area (Å²) in [6.45, 7) is 4.38. The summed E-state index contributed by atoms with van der Waals surface area (Å²) < 4.78 is 68.4. The first-order chi connectivity index (χ1) is 15.5. The first-order valence-corrected chi connectivity index (χ1v) is 10.9. The second-order valence-electron chi connectivity index (χ2n) is 9.78. The van der Waals surface area contributed by atoms with Crippen LogP contribution in [-0.2, 0) is 34.1 Å². The third-order valence-electron chi connectivity index (χ3n) is 5.89. The lowest BCUT2D eigenvalue weighted by Crippen LogP contribution is -2.58. The third kappa shape index (κ3) is 5.45. The van der Waals surface area contributed by atoms with Gasteiger partial charge in [-0.3, -0.25) is 9.59 Å². The lowest BCUT2D eigenvalue weighted by Gasteiger charge is -2.38. The third-order valence-corrected chi connectivity index (χ3v) is 5.89. The van der Waals surface area contributed by atoms with E-state index in [2.05, 4.69) is 9.97 Å². The average Bonchev–Trinajstić information content (AvgIpc) is 2.71. The summed E-state index contributed by atoms with van der Waals surface area (Å²) in [6, 6.07) is -1.05. The van der Waals surface area contributed by atoms with E-state index < -0.39 is 66.7 Å². The second-order valence-corrected chi connectivity index (χ2v) is 9.78. The van der Waals surface area contributed by atoms with Crippen molar-refractivity contribution in [3.05, 3.63) is 22.8 Å². The Balaban J connectivity index is 1.74. The Labute approximate surface area is 193 Å². The Morgan fingerprint density at radius 1 is 1.24 bits per heavy atom. The summed E-state index contributed by atoms with van der Waals surface area (Å²) in [5.41, 5.74) is 4.19. The molecule has 3 N–H and O–H groups in total. The first-order valence-electron chi connectivity index (χ1n) is 10.9. The van der Waals surface area contributed by atoms with E-state index in [9.17, 15) is 36.6 Å². The summed E-state index contributed by atoms with van der Waals surface area (Å²) in [6.07, 6.45) is -8.68. The van der Waals surface area contributed by atoms with Crippen LogP contribution < -0.4 is 5.73 Å². The monoisotopic (exact) mass is 493 g/mol. The summed E-state index contributed by atoms with van der Waals surface area (Å²) >= 11 is 0. The molecule has 2 aliphatic heterocycles. The molecule has 13 heteroatoms. The van der Waals surface area contributed by atoms with Gasteiger partial charge in [-0.25, -0.2) is 18.7 Å². The molecule has 34 heavy (non-hydrogen) atoms. The van der Waals surface area contributed by atoms with Gasteiger partial charge in [-0.15, -0.1) is 0 Å². The van der Waals surface area contributed by atoms with Crippen LogP contribution in [0.4, 0.5) is 22.0 Å². The van der Waals surface area contributed by atoms with Crippen molar-refractivity contribution in [2.45, 2.75) is 82.8 Å². The molecule has 2 amide bonds. The predicted octanol–water partition coefficient (Wildman–Crippen LogP) is 1.97. The quantitative estimate of drug-likeness (QED) is 0.621. The van der Waals surface area contributed by atoms with E-state index >= 15 is 0 Å². The Morgan fingerprint density at radius 2 is 1.88 bits per heavy atom. The van der Waals surface area contributed by atoms with Crippen molar-refractivity contribution in [1.82, 2.24) is 19.8 Å². The van der Waals surface area contributed by atoms with Crippen LogP contribution in [0.15, 0.2) is 0 Å². The van der Waals surface area contributed by atoms with E-state index in [1.54, 1.807) is 20.8 Å². The van der Waals surface area contributed by atoms with E-state index in [4.69, 9.17) is 5.73 Å². The van der Waals surface area contributed by atoms with Crippen molar-refractivity contribution >= 4 is 11.8 Å². The number of alkyl halides is 5. The van der Waals surface area contributed by atoms with Gasteiger partial charge in [-0.1, -0.05) is 20.8 Å². The highest BCUT2D eigenvalue weighted by Crippen LogP contribution is 2.36. The largest absolute Gasteiger partial charge is 0.433 e. The lowest BCUT2D eigenvalue weighted by atomic mass is 9.93. The van der Waals surface area contributed by atoms with E-state index in [0.717, 1.165) is 0 Å². The number of carbonyl (C=O) groups is 2. The predicted molar refractivity (Wildman–Crippen MR) is 109 cm³/mol. The van der Waals surface area contributed by atoms with Gasteiger partial charge < -0.3 is 20.6 Å². The number of nitrogens with two attached hydrogens (primary N) is 1. The molecule has 190 valence electrons. The van der Waals surface area contributed by atoms with Gasteiger partial charge in [-0.05, 0) is 6.42 Å². The van der Waals surface area contributed by atoms with Gasteiger partial charge in [0.05, 0.1) is 12.2 Å². The first kappa shape index (κ1) is 26.2. The molecule has 0 spiro atoms. The molecular weight excluding hydrogens is 465 g/mol. The standard InChI is InChI=1S/C21H28F5N5O3/c1-19(2,3)17-28-13-10-30(7-5-12(13)16(29-17)21(24,25)26)15(33)8-11(27)9-31-14(32)4-6-20(22,23)18(31)34/h11,18,34H,4-10,27H2,1-3H3. The van der Waals surface area contributed by atoms with E-state index in [-0.39, 0.29) is 43.0 Å². The highest BCUT2D eigenvalue weighted by Gasteiger charge is 2.48. The number of nitrogens with zero attached hydrogens (tertiary/aromatic N) is 4. The fourth-order valence-electron chi connectivity index (χ4n) is 4.00. The number of likely N-dealkylation sites (tertiary alicyclic amines) is 1. The van der Waals surface area contributed by atoms with Crippen molar-refractivity contribution in [3.8, 4) is 0 Å². The lowest BCUT2D eigenvalue weighted by molar-refractivity contribution is -0.205. The maximum Gasteiger partial charge on any atom is 0.433 e. The Hall–Kier alpha value is -2.41. The second kappa shape index (κ2) is 8.99. The highest BCUT2D eigenvalue weighted by molar-refractivity contribution is 5.79. The molecule has 2 unspecified atom stereocenters. The number of hydrogen-bond donors (Lipinski definition) is 2. The van der Waals surface area contributed by atoms with Crippen LogP contribution >= 0.6 is 0 Å². The van der Waals surface area contributed by atoms with Crippen LogP contribution in [0.5, 0.6) is 0 Å². The number of halogens is 5. The molecule has 1 aromatic rings. The van der Waals surface area contributed by atoms with E-state index in [1.807, 2.05) is 0 Å². The summed E-state index contributed by atoms with van der Waals surface area (Å²) in [5, 5.41) is 9.79. The van der Waals surface area contributed by atoms with Gasteiger partial charge in [0.2, 0.25) is 11.8 Å². The molecule has 1 fully saturated rings. The number of aliphatic hydroxyl groups excluding tert-OH is 1. The number of hydrogen-bond acceptors (Lipinski definition) is 6. The van der Waals surface area contributed by atoms with Crippen molar-refractivity contribution in [2.24, 2.45) is 5.73 Å². The highest BCUT2D eigenvalue weighted by atomic mass is 19.4. The summed E-state index contributed by atoms with van der Waals surface area (Å²) in [7, 11) is 0. The Bertz CT molecular complexity index is 963. The molecule has 0 bridgehead atoms. The van der Waals surface area contributed by atoms with Crippen molar-refractivity contribution in [2.75, 3.05) is 13.1 Å². The van der Waals surface area contributed by atoms with Gasteiger partial charge in [0.25, 0.3) is 5.92 Å². The zero-order valence-electron chi connectivity index (χ0n) is 19.1. The summed E-state index contributed by atoms with van der Waals surface area (Å²) in [5.74, 6) is -4.69. The van der Waals surface area contributed by atoms with Gasteiger partial charge >= 0.3 is 6.18 Å². The van der Waals surface area contributed by atoms with Crippen molar-refractivity contribution in [1.29, 1.82) is 0 Å². The molecular formula is C21H28F5N5O3. The normalized spacial score (nSPS) is 21.9. The van der Waals surface area contributed by atoms with E-state index in [0.29, 0.717) is 4.90 Å². The molecule has 3 rings (SSSR count). The molecule has 1 aromatic heterocycles. The Kier molecular flexibility index (Phi) is 6.93. The minimum absolute atomic E-state index is 0.00287. The SMILES string of the molecule is CC(C)(C)c1nc2c(c(C(F)(F)F)n1)CCN(C(=O)CC(N)CN1C(=O)CCC(F)(F)C1O)C2. The molecule has 2 aliphatic rings. The maximum absolute atomic E-state index is 13.7. The summed E-state index contributed by atoms with van der Waals surface area (Å²) in [4.78, 5) is 34.6. The fourth-order valence-corrected chi connectivity index (χ4v) is 4.00. The molecule has 1 saturated heterocycles. The van der Waals surface area contributed by atoms with E-state index in [1.165, 1.54) is 4.90 Å². The van der Waals surface area contributed by atoms with Crippen LogP contribution in [0.3, 0.4) is 0 Å². The van der Waals surface area contributed by atoms with Gasteiger partial charge in [0.15, 0.2) is 11.9 Å². The van der Waals surface area contributed by atoms with Gasteiger partial charge in [-0.2, -0.15) is 13.2 Å². The van der Waals surface area contributed by atoms with Crippen LogP contribution in [0.1, 0.15) is 62.8 Å². The molecule has 0 aromatic carbocycles. The van der Waals surface area contributed by atoms with Crippen LogP contribution in [0, 0.1) is 0 Å². The van der Waals surface area contributed by atoms with Crippen LogP contribution in [0.25, 0.3) is 0 Å². The fraction of sp³-hybridized carbons (Fsp3) is 0.714. The number of aliphatic hydroxyl groups is 1. The number of amides is 2. The molecule has 8 nitrogen and oxygen atoms in total. The van der Waals surface area contributed by atoms with Gasteiger partial charge in [0, 0.05) is 49.4 Å². The average molecular weight is 493 g/mol. The topological polar surface area (TPSA) is 113 Å². The molecule has 0 aliphatic carbocycles. The maximum atomic E-state index is 13.7. The molecule has 3 heterocycles. The van der Waals surface area contributed by atoms with Crippen LogP contribution in [-0.4, -0.2) is 68.0 Å². The Morgan fingerprint density at radius 3 is 2.47 bits per heavy atom. The number of carbonyl (C=O) groups excluding carboxylic acids is 2. The number of rotatable bonds is 4. The van der Waals surface area contributed by atoms with Gasteiger partial charge in [0.1, 0.15) is 5.82 Å². The van der Waals surface area contributed by atoms with Crippen molar-refractivity contribution < 1.29 is 36.6 Å². The number of fused-ring (bicyclic) bond motifs is 1. The minimum atomic E-state index is -4.68. The van der Waals surface area contributed by atoms with Crippen LogP contribution in [0.2, 0.25) is 0 Å². The zero-order chi connectivity index (χ0) is 25.6. The minimum Gasteiger partial charge on any atom is -0.368 e. The molecule has 0 saturated carbocycles. The molecule has 0 radical (unpaired) electrons. The number of aromatic nitrogens is 2. The molecule has 2 atom stereocenters. The number of piperidine rings is 1. The van der Waals surface area contributed by atoms with Crippen molar-refractivity contribution in [3.63, 3.8) is 0 Å².